The summed E-state index contributed by atoms with van der Waals surface area (Å²) in [7, 11) is 4.23. The molecule has 110 valence electrons. The molecule has 0 spiro atoms. The number of hydrogen-bond acceptors (Lipinski definition) is 4. The molecule has 1 atom stereocenters. The van der Waals surface area contributed by atoms with Crippen molar-refractivity contribution in [2.75, 3.05) is 40.3 Å². The number of amides is 1. The molecular formula is C15H24N4O. The van der Waals surface area contributed by atoms with Gasteiger partial charge < -0.3 is 16.0 Å². The van der Waals surface area contributed by atoms with E-state index in [1.54, 1.807) is 0 Å². The summed E-state index contributed by atoms with van der Waals surface area (Å²) in [4.78, 5) is 16.7. The highest BCUT2D eigenvalue weighted by Gasteiger charge is 2.22. The Labute approximate surface area is 120 Å². The summed E-state index contributed by atoms with van der Waals surface area (Å²) in [5.74, 6) is -0.0183. The number of hydrogen-bond donors (Lipinski definition) is 2. The SMILES string of the molecule is CN1CCN(C)C(CNC(=O)c2ccc(CN)cc2)C1. The van der Waals surface area contributed by atoms with Crippen molar-refractivity contribution in [3.63, 3.8) is 0 Å². The van der Waals surface area contributed by atoms with Gasteiger partial charge in [0.2, 0.25) is 0 Å². The molecule has 1 aliphatic heterocycles. The summed E-state index contributed by atoms with van der Waals surface area (Å²) in [6, 6.07) is 7.83. The fourth-order valence-corrected chi connectivity index (χ4v) is 2.43. The van der Waals surface area contributed by atoms with Crippen LogP contribution in [0.15, 0.2) is 24.3 Å². The van der Waals surface area contributed by atoms with E-state index >= 15 is 0 Å². The molecule has 0 radical (unpaired) electrons. The van der Waals surface area contributed by atoms with E-state index in [0.717, 1.165) is 25.2 Å². The van der Waals surface area contributed by atoms with Gasteiger partial charge >= 0.3 is 0 Å². The van der Waals surface area contributed by atoms with Crippen molar-refractivity contribution in [3.05, 3.63) is 35.4 Å². The molecule has 1 unspecified atom stereocenters. The zero-order valence-corrected chi connectivity index (χ0v) is 12.3. The number of nitrogens with zero attached hydrogens (tertiary/aromatic N) is 2. The van der Waals surface area contributed by atoms with Crippen molar-refractivity contribution in [1.82, 2.24) is 15.1 Å². The number of nitrogens with one attached hydrogen (secondary N) is 1. The van der Waals surface area contributed by atoms with Gasteiger partial charge in [0.15, 0.2) is 0 Å². The molecule has 1 heterocycles. The maximum Gasteiger partial charge on any atom is 0.251 e. The van der Waals surface area contributed by atoms with E-state index in [1.165, 1.54) is 0 Å². The van der Waals surface area contributed by atoms with Crippen LogP contribution in [0.1, 0.15) is 15.9 Å². The van der Waals surface area contributed by atoms with Gasteiger partial charge in [-0.15, -0.1) is 0 Å². The minimum atomic E-state index is -0.0183. The molecule has 3 N–H and O–H groups in total. The maximum absolute atomic E-state index is 12.1. The van der Waals surface area contributed by atoms with E-state index in [9.17, 15) is 4.79 Å². The zero-order valence-electron chi connectivity index (χ0n) is 12.3. The van der Waals surface area contributed by atoms with Crippen LogP contribution in [0.3, 0.4) is 0 Å². The van der Waals surface area contributed by atoms with Crippen LogP contribution in [0.4, 0.5) is 0 Å². The van der Waals surface area contributed by atoms with Crippen molar-refractivity contribution in [1.29, 1.82) is 0 Å². The van der Waals surface area contributed by atoms with Gasteiger partial charge in [0.05, 0.1) is 0 Å². The average molecular weight is 276 g/mol. The van der Waals surface area contributed by atoms with E-state index in [0.29, 0.717) is 24.7 Å². The molecule has 5 heteroatoms. The van der Waals surface area contributed by atoms with Gasteiger partial charge in [0.1, 0.15) is 0 Å². The van der Waals surface area contributed by atoms with E-state index in [1.807, 2.05) is 24.3 Å². The number of likely N-dealkylation sites (N-methyl/N-ethyl adjacent to an activating group) is 2. The first-order valence-electron chi connectivity index (χ1n) is 7.06. The van der Waals surface area contributed by atoms with Gasteiger partial charge in [-0.05, 0) is 31.8 Å². The number of benzene rings is 1. The van der Waals surface area contributed by atoms with Crippen molar-refractivity contribution >= 4 is 5.91 Å². The Morgan fingerprint density at radius 1 is 1.30 bits per heavy atom. The summed E-state index contributed by atoms with van der Waals surface area (Å²) >= 11 is 0. The molecule has 0 saturated carbocycles. The lowest BCUT2D eigenvalue weighted by atomic mass is 10.1. The standard InChI is InChI=1S/C15H24N4O/c1-18-7-8-19(2)14(11-18)10-17-15(20)13-5-3-12(9-16)4-6-13/h3-6,14H,7-11,16H2,1-2H3,(H,17,20). The van der Waals surface area contributed by atoms with Crippen LogP contribution in [0.5, 0.6) is 0 Å². The Hall–Kier alpha value is -1.43. The summed E-state index contributed by atoms with van der Waals surface area (Å²) < 4.78 is 0. The van der Waals surface area contributed by atoms with E-state index < -0.39 is 0 Å². The lowest BCUT2D eigenvalue weighted by molar-refractivity contribution is 0.0881. The maximum atomic E-state index is 12.1. The summed E-state index contributed by atoms with van der Waals surface area (Å²) in [6.07, 6.45) is 0. The van der Waals surface area contributed by atoms with Crippen molar-refractivity contribution in [2.24, 2.45) is 5.73 Å². The zero-order chi connectivity index (χ0) is 14.5. The van der Waals surface area contributed by atoms with E-state index in [-0.39, 0.29) is 5.91 Å². The number of nitrogens with two attached hydrogens (primary N) is 1. The average Bonchev–Trinajstić information content (AvgIpc) is 2.48. The molecule has 5 nitrogen and oxygen atoms in total. The third kappa shape index (κ3) is 3.79. The smallest absolute Gasteiger partial charge is 0.251 e. The Morgan fingerprint density at radius 3 is 2.65 bits per heavy atom. The Kier molecular flexibility index (Phi) is 5.11. The molecule has 0 bridgehead atoms. The Balaban J connectivity index is 1.87. The molecule has 1 aromatic rings. The molecule has 2 rings (SSSR count). The molecule has 0 aliphatic carbocycles. The van der Waals surface area contributed by atoms with Gasteiger partial charge in [-0.3, -0.25) is 9.69 Å². The highest BCUT2D eigenvalue weighted by atomic mass is 16.1. The van der Waals surface area contributed by atoms with Crippen molar-refractivity contribution < 1.29 is 4.79 Å². The van der Waals surface area contributed by atoms with Gasteiger partial charge in [0.25, 0.3) is 5.91 Å². The number of carbonyl (C=O) groups excluding carboxylic acids is 1. The fourth-order valence-electron chi connectivity index (χ4n) is 2.43. The first kappa shape index (κ1) is 15.0. The molecular weight excluding hydrogens is 252 g/mol. The highest BCUT2D eigenvalue weighted by molar-refractivity contribution is 5.94. The number of carbonyl (C=O) groups is 1. The third-order valence-electron chi connectivity index (χ3n) is 3.93. The summed E-state index contributed by atoms with van der Waals surface area (Å²) in [5, 5.41) is 3.02. The molecule has 1 aromatic carbocycles. The minimum Gasteiger partial charge on any atom is -0.350 e. The summed E-state index contributed by atoms with van der Waals surface area (Å²) in [5.41, 5.74) is 7.28. The van der Waals surface area contributed by atoms with Gasteiger partial charge in [-0.2, -0.15) is 0 Å². The monoisotopic (exact) mass is 276 g/mol. The minimum absolute atomic E-state index is 0.0183. The molecule has 1 fully saturated rings. The van der Waals surface area contributed by atoms with Crippen LogP contribution < -0.4 is 11.1 Å². The third-order valence-corrected chi connectivity index (χ3v) is 3.93. The number of rotatable bonds is 4. The highest BCUT2D eigenvalue weighted by Crippen LogP contribution is 2.06. The van der Waals surface area contributed by atoms with Gasteiger partial charge in [-0.1, -0.05) is 12.1 Å². The van der Waals surface area contributed by atoms with Crippen LogP contribution >= 0.6 is 0 Å². The largest absolute Gasteiger partial charge is 0.350 e. The first-order chi connectivity index (χ1) is 9.60. The second kappa shape index (κ2) is 6.83. The van der Waals surface area contributed by atoms with E-state index in [2.05, 4.69) is 29.2 Å². The first-order valence-corrected chi connectivity index (χ1v) is 7.06. The summed E-state index contributed by atoms with van der Waals surface area (Å²) in [6.45, 7) is 4.30. The second-order valence-corrected chi connectivity index (χ2v) is 5.51. The van der Waals surface area contributed by atoms with Crippen molar-refractivity contribution in [2.45, 2.75) is 12.6 Å². The normalized spacial score (nSPS) is 20.9. The fraction of sp³-hybridized carbons (Fsp3) is 0.533. The Morgan fingerprint density at radius 2 is 2.00 bits per heavy atom. The second-order valence-electron chi connectivity index (χ2n) is 5.51. The molecule has 0 aromatic heterocycles. The topological polar surface area (TPSA) is 61.6 Å². The lowest BCUT2D eigenvalue weighted by Crippen LogP contribution is -2.54. The lowest BCUT2D eigenvalue weighted by Gasteiger charge is -2.37. The van der Waals surface area contributed by atoms with Crippen LogP contribution in [0, 0.1) is 0 Å². The van der Waals surface area contributed by atoms with Crippen LogP contribution in [0.2, 0.25) is 0 Å². The predicted molar refractivity (Wildman–Crippen MR) is 80.6 cm³/mol. The number of piperazine rings is 1. The van der Waals surface area contributed by atoms with E-state index in [4.69, 9.17) is 5.73 Å². The predicted octanol–water partition coefficient (Wildman–Crippen LogP) is 0.121. The molecule has 1 amide bonds. The molecule has 20 heavy (non-hydrogen) atoms. The van der Waals surface area contributed by atoms with Gasteiger partial charge in [-0.25, -0.2) is 0 Å². The van der Waals surface area contributed by atoms with Crippen LogP contribution in [0.25, 0.3) is 0 Å². The quantitative estimate of drug-likeness (QED) is 0.820. The molecule has 1 aliphatic rings. The van der Waals surface area contributed by atoms with Gasteiger partial charge in [0, 0.05) is 44.3 Å². The van der Waals surface area contributed by atoms with Crippen molar-refractivity contribution in [3.8, 4) is 0 Å². The van der Waals surface area contributed by atoms with Crippen LogP contribution in [-0.4, -0.2) is 62.0 Å². The van der Waals surface area contributed by atoms with Crippen LogP contribution in [-0.2, 0) is 6.54 Å². The molecule has 1 saturated heterocycles. The Bertz CT molecular complexity index is 446.